The van der Waals surface area contributed by atoms with Crippen LogP contribution in [0.4, 0.5) is 16.2 Å². The van der Waals surface area contributed by atoms with Crippen LogP contribution in [0, 0.1) is 17.8 Å². The van der Waals surface area contributed by atoms with Gasteiger partial charge in [-0.2, -0.15) is 0 Å². The number of likely N-dealkylation sites (tertiary alicyclic amines) is 2. The number of hydrogen-bond donors (Lipinski definition) is 3. The minimum atomic E-state index is -0.438. The Bertz CT molecular complexity index is 831. The van der Waals surface area contributed by atoms with Crippen LogP contribution < -0.4 is 16.0 Å². The second kappa shape index (κ2) is 10.3. The monoisotopic (exact) mass is 457 g/mol. The predicted molar refractivity (Wildman–Crippen MR) is 131 cm³/mol. The summed E-state index contributed by atoms with van der Waals surface area (Å²) in [4.78, 5) is 27.6. The van der Waals surface area contributed by atoms with Crippen LogP contribution >= 0.6 is 0 Å². The summed E-state index contributed by atoms with van der Waals surface area (Å²) < 4.78 is 4.84. The first kappa shape index (κ1) is 23.8. The standard InChI is InChI=1S/C25H39N5O3/c1-18(2)25(27-22-6-4-5-21(17-31)23(22)28-25)26-15-19-7-11-29(12-8-19)16-20-9-13-30(14-10-20)24(32)33-3/h4-6,17-20,26-28H,7-16H2,1-3H3. The average molecular weight is 458 g/mol. The van der Waals surface area contributed by atoms with Crippen LogP contribution in [0.15, 0.2) is 18.2 Å². The van der Waals surface area contributed by atoms with Crippen LogP contribution in [0.1, 0.15) is 49.9 Å². The third kappa shape index (κ3) is 5.27. The molecular weight excluding hydrogens is 418 g/mol. The first-order chi connectivity index (χ1) is 15.9. The van der Waals surface area contributed by atoms with E-state index in [2.05, 4.69) is 34.7 Å². The predicted octanol–water partition coefficient (Wildman–Crippen LogP) is 3.43. The molecule has 182 valence electrons. The van der Waals surface area contributed by atoms with Gasteiger partial charge in [0.05, 0.1) is 18.5 Å². The SMILES string of the molecule is COC(=O)N1CCC(CN2CCC(CNC3(C(C)C)Nc4cccc(C=O)c4N3)CC2)CC1. The Balaban J connectivity index is 1.23. The fourth-order valence-electron chi connectivity index (χ4n) is 5.40. The normalized spacial score (nSPS) is 24.3. The smallest absolute Gasteiger partial charge is 0.409 e. The lowest BCUT2D eigenvalue weighted by Gasteiger charge is -2.40. The Hall–Kier alpha value is -2.32. The van der Waals surface area contributed by atoms with E-state index in [9.17, 15) is 9.59 Å². The maximum absolute atomic E-state index is 11.7. The van der Waals surface area contributed by atoms with Crippen molar-refractivity contribution in [2.24, 2.45) is 17.8 Å². The van der Waals surface area contributed by atoms with Crippen LogP contribution in [0.5, 0.6) is 0 Å². The van der Waals surface area contributed by atoms with Crippen LogP contribution in [0.25, 0.3) is 0 Å². The number of para-hydroxylation sites is 1. The molecule has 0 aliphatic carbocycles. The molecule has 3 N–H and O–H groups in total. The van der Waals surface area contributed by atoms with Gasteiger partial charge in [-0.05, 0) is 62.7 Å². The molecule has 4 rings (SSSR count). The van der Waals surface area contributed by atoms with Crippen molar-refractivity contribution in [3.8, 4) is 0 Å². The molecule has 8 nitrogen and oxygen atoms in total. The van der Waals surface area contributed by atoms with Crippen molar-refractivity contribution < 1.29 is 14.3 Å². The van der Waals surface area contributed by atoms with Crippen LogP contribution in [-0.2, 0) is 4.74 Å². The van der Waals surface area contributed by atoms with Gasteiger partial charge in [0, 0.05) is 37.7 Å². The fourth-order valence-corrected chi connectivity index (χ4v) is 5.40. The van der Waals surface area contributed by atoms with Gasteiger partial charge in [-0.25, -0.2) is 4.79 Å². The molecule has 8 heteroatoms. The summed E-state index contributed by atoms with van der Waals surface area (Å²) >= 11 is 0. The Morgan fingerprint density at radius 3 is 2.48 bits per heavy atom. The lowest BCUT2D eigenvalue weighted by Crippen LogP contribution is -2.60. The van der Waals surface area contributed by atoms with Gasteiger partial charge in [-0.15, -0.1) is 0 Å². The van der Waals surface area contributed by atoms with Gasteiger partial charge < -0.3 is 25.2 Å². The Labute approximate surface area is 197 Å². The summed E-state index contributed by atoms with van der Waals surface area (Å²) in [5, 5.41) is 11.0. The minimum Gasteiger partial charge on any atom is -0.453 e. The molecule has 1 unspecified atom stereocenters. The molecule has 0 radical (unpaired) electrons. The highest BCUT2D eigenvalue weighted by molar-refractivity contribution is 5.93. The van der Waals surface area contributed by atoms with E-state index in [1.54, 1.807) is 0 Å². The Morgan fingerprint density at radius 1 is 1.15 bits per heavy atom. The first-order valence-electron chi connectivity index (χ1n) is 12.4. The van der Waals surface area contributed by atoms with E-state index in [-0.39, 0.29) is 6.09 Å². The molecule has 1 amide bonds. The second-order valence-corrected chi connectivity index (χ2v) is 10.1. The summed E-state index contributed by atoms with van der Waals surface area (Å²) in [7, 11) is 1.45. The number of fused-ring (bicyclic) bond motifs is 1. The zero-order valence-corrected chi connectivity index (χ0v) is 20.2. The van der Waals surface area contributed by atoms with Gasteiger partial charge in [0.1, 0.15) is 0 Å². The Kier molecular flexibility index (Phi) is 7.44. The molecule has 0 saturated carbocycles. The highest BCUT2D eigenvalue weighted by atomic mass is 16.5. The number of nitrogens with one attached hydrogen (secondary N) is 3. The van der Waals surface area contributed by atoms with E-state index in [4.69, 9.17) is 4.74 Å². The van der Waals surface area contributed by atoms with E-state index in [0.29, 0.717) is 23.3 Å². The maximum atomic E-state index is 11.7. The Morgan fingerprint density at radius 2 is 1.85 bits per heavy atom. The molecule has 33 heavy (non-hydrogen) atoms. The van der Waals surface area contributed by atoms with Crippen molar-refractivity contribution in [1.82, 2.24) is 15.1 Å². The maximum Gasteiger partial charge on any atom is 0.409 e. The minimum absolute atomic E-state index is 0.197. The zero-order chi connectivity index (χ0) is 23.4. The molecule has 0 bridgehead atoms. The highest BCUT2D eigenvalue weighted by Gasteiger charge is 2.40. The van der Waals surface area contributed by atoms with Crippen LogP contribution in [-0.4, -0.2) is 74.3 Å². The fraction of sp³-hybridized carbons (Fsp3) is 0.680. The molecule has 0 spiro atoms. The van der Waals surface area contributed by atoms with E-state index >= 15 is 0 Å². The van der Waals surface area contributed by atoms with Gasteiger partial charge in [0.2, 0.25) is 0 Å². The van der Waals surface area contributed by atoms with Crippen molar-refractivity contribution in [2.45, 2.75) is 45.3 Å². The molecule has 3 heterocycles. The van der Waals surface area contributed by atoms with E-state index in [1.165, 1.54) is 20.0 Å². The number of aldehydes is 1. The summed E-state index contributed by atoms with van der Waals surface area (Å²) in [6.07, 6.45) is 5.22. The summed E-state index contributed by atoms with van der Waals surface area (Å²) in [5.74, 6) is 1.16. The van der Waals surface area contributed by atoms with E-state index < -0.39 is 5.79 Å². The summed E-state index contributed by atoms with van der Waals surface area (Å²) in [6, 6.07) is 5.80. The van der Waals surface area contributed by atoms with Crippen LogP contribution in [0.3, 0.4) is 0 Å². The molecule has 1 atom stereocenters. The molecule has 1 aromatic carbocycles. The van der Waals surface area contributed by atoms with E-state index in [0.717, 1.165) is 69.8 Å². The van der Waals surface area contributed by atoms with Crippen molar-refractivity contribution in [3.63, 3.8) is 0 Å². The number of carbonyl (C=O) groups excluding carboxylic acids is 2. The highest BCUT2D eigenvalue weighted by Crippen LogP contribution is 2.38. The molecule has 0 aromatic heterocycles. The van der Waals surface area contributed by atoms with Crippen molar-refractivity contribution >= 4 is 23.8 Å². The van der Waals surface area contributed by atoms with Gasteiger partial charge in [-0.1, -0.05) is 19.9 Å². The van der Waals surface area contributed by atoms with E-state index in [1.807, 2.05) is 23.1 Å². The number of hydrogen-bond acceptors (Lipinski definition) is 7. The molecular formula is C25H39N5O3. The van der Waals surface area contributed by atoms with Gasteiger partial charge in [-0.3, -0.25) is 10.1 Å². The number of benzene rings is 1. The topological polar surface area (TPSA) is 85.9 Å². The van der Waals surface area contributed by atoms with Crippen LogP contribution in [0.2, 0.25) is 0 Å². The molecule has 2 fully saturated rings. The van der Waals surface area contributed by atoms with Crippen molar-refractivity contribution in [3.05, 3.63) is 23.8 Å². The number of piperidine rings is 2. The number of ether oxygens (including phenoxy) is 1. The van der Waals surface area contributed by atoms with Gasteiger partial charge >= 0.3 is 6.09 Å². The lowest BCUT2D eigenvalue weighted by atomic mass is 9.92. The largest absolute Gasteiger partial charge is 0.453 e. The summed E-state index contributed by atoms with van der Waals surface area (Å²) in [5.41, 5.74) is 2.56. The molecule has 2 saturated heterocycles. The first-order valence-corrected chi connectivity index (χ1v) is 12.4. The number of carbonyl (C=O) groups is 2. The number of rotatable bonds is 7. The average Bonchev–Trinajstić information content (AvgIpc) is 3.24. The molecule has 3 aliphatic rings. The zero-order valence-electron chi connectivity index (χ0n) is 20.2. The van der Waals surface area contributed by atoms with Crippen molar-refractivity contribution in [2.75, 3.05) is 57.0 Å². The van der Waals surface area contributed by atoms with Gasteiger partial charge in [0.15, 0.2) is 12.1 Å². The second-order valence-electron chi connectivity index (χ2n) is 10.1. The van der Waals surface area contributed by atoms with Crippen molar-refractivity contribution in [1.29, 1.82) is 0 Å². The third-order valence-electron chi connectivity index (χ3n) is 7.68. The number of amides is 1. The molecule has 1 aromatic rings. The lowest BCUT2D eigenvalue weighted by molar-refractivity contribution is 0.0908. The summed E-state index contributed by atoms with van der Waals surface area (Å²) in [6.45, 7) is 10.3. The number of nitrogens with zero attached hydrogens (tertiary/aromatic N) is 2. The molecule has 3 aliphatic heterocycles. The quantitative estimate of drug-likeness (QED) is 0.541. The third-order valence-corrected chi connectivity index (χ3v) is 7.68. The number of anilines is 2. The van der Waals surface area contributed by atoms with Gasteiger partial charge in [0.25, 0.3) is 0 Å². The number of methoxy groups -OCH3 is 1.